The molecular weight excluding hydrogens is 279 g/mol. The van der Waals surface area contributed by atoms with E-state index in [1.54, 1.807) is 6.07 Å². The maximum Gasteiger partial charge on any atom is 0.142 e. The Bertz CT molecular complexity index is 461. The first-order valence-corrected chi connectivity index (χ1v) is 7.34. The van der Waals surface area contributed by atoms with Crippen LogP contribution in [0.3, 0.4) is 0 Å². The van der Waals surface area contributed by atoms with E-state index in [-0.39, 0.29) is 17.7 Å². The molecule has 1 aromatic rings. The molecule has 1 fully saturated rings. The Kier molecular flexibility index (Phi) is 5.02. The van der Waals surface area contributed by atoms with Crippen LogP contribution in [0, 0.1) is 11.2 Å². The fraction of sp³-hybridized carbons (Fsp3) is 0.600. The fourth-order valence-electron chi connectivity index (χ4n) is 2.87. The highest BCUT2D eigenvalue weighted by atomic mass is 35.5. The predicted octanol–water partition coefficient (Wildman–Crippen LogP) is 2.44. The molecule has 2 N–H and O–H groups in total. The van der Waals surface area contributed by atoms with Crippen molar-refractivity contribution in [3.63, 3.8) is 0 Å². The lowest BCUT2D eigenvalue weighted by Gasteiger charge is -2.43. The molecule has 0 spiro atoms. The number of benzene rings is 1. The van der Waals surface area contributed by atoms with Gasteiger partial charge in [0, 0.05) is 44.2 Å². The van der Waals surface area contributed by atoms with E-state index in [1.165, 1.54) is 6.07 Å². The molecule has 1 aliphatic rings. The Morgan fingerprint density at radius 2 is 2.05 bits per heavy atom. The molecule has 0 bridgehead atoms. The van der Waals surface area contributed by atoms with Crippen molar-refractivity contribution in [2.24, 2.45) is 5.41 Å². The number of hydrogen-bond donors (Lipinski definition) is 2. The summed E-state index contributed by atoms with van der Waals surface area (Å²) in [6, 6.07) is 4.80. The van der Waals surface area contributed by atoms with Crippen molar-refractivity contribution in [2.45, 2.75) is 19.9 Å². The summed E-state index contributed by atoms with van der Waals surface area (Å²) < 4.78 is 13.8. The Morgan fingerprint density at radius 3 is 2.65 bits per heavy atom. The molecule has 112 valence electrons. The predicted molar refractivity (Wildman–Crippen MR) is 79.5 cm³/mol. The maximum absolute atomic E-state index is 13.8. The summed E-state index contributed by atoms with van der Waals surface area (Å²) in [5.41, 5.74) is 0.363. The number of aliphatic hydroxyl groups excluding tert-OH is 1. The van der Waals surface area contributed by atoms with Crippen LogP contribution in [0.15, 0.2) is 18.2 Å². The van der Waals surface area contributed by atoms with Gasteiger partial charge in [0.05, 0.1) is 5.02 Å². The number of halogens is 2. The number of rotatable bonds is 4. The molecule has 1 aromatic carbocycles. The second kappa shape index (κ2) is 6.39. The van der Waals surface area contributed by atoms with Gasteiger partial charge in [0.2, 0.25) is 0 Å². The molecule has 5 heteroatoms. The first kappa shape index (κ1) is 15.7. The highest BCUT2D eigenvalue weighted by Gasteiger charge is 2.37. The molecule has 1 heterocycles. The smallest absolute Gasteiger partial charge is 0.142 e. The number of hydrogen-bond acceptors (Lipinski definition) is 3. The van der Waals surface area contributed by atoms with Crippen molar-refractivity contribution in [1.82, 2.24) is 10.2 Å². The minimum atomic E-state index is -0.405. The van der Waals surface area contributed by atoms with Gasteiger partial charge in [-0.1, -0.05) is 37.6 Å². The molecule has 0 saturated carbocycles. The van der Waals surface area contributed by atoms with Gasteiger partial charge in [-0.25, -0.2) is 4.39 Å². The monoisotopic (exact) mass is 300 g/mol. The van der Waals surface area contributed by atoms with Crippen molar-refractivity contribution in [2.75, 3.05) is 32.8 Å². The van der Waals surface area contributed by atoms with Crippen LogP contribution in [0.2, 0.25) is 5.02 Å². The minimum Gasteiger partial charge on any atom is -0.396 e. The Hall–Kier alpha value is -0.680. The van der Waals surface area contributed by atoms with Gasteiger partial charge in [0.15, 0.2) is 0 Å². The van der Waals surface area contributed by atoms with E-state index in [0.717, 1.165) is 31.7 Å². The second-order valence-electron chi connectivity index (χ2n) is 5.98. The molecule has 0 unspecified atom stereocenters. The lowest BCUT2D eigenvalue weighted by molar-refractivity contribution is 0.0304. The second-order valence-corrected chi connectivity index (χ2v) is 6.36. The Morgan fingerprint density at radius 1 is 1.40 bits per heavy atom. The molecule has 0 amide bonds. The summed E-state index contributed by atoms with van der Waals surface area (Å²) in [4.78, 5) is 2.27. The number of nitrogens with one attached hydrogen (secondary N) is 1. The SMILES string of the molecule is CC(C)(CO)[C@@H](c1cccc(F)c1Cl)N1CCNCC1. The van der Waals surface area contributed by atoms with Gasteiger partial charge in [-0.2, -0.15) is 0 Å². The van der Waals surface area contributed by atoms with E-state index in [9.17, 15) is 9.50 Å². The van der Waals surface area contributed by atoms with Gasteiger partial charge in [-0.15, -0.1) is 0 Å². The van der Waals surface area contributed by atoms with Gasteiger partial charge in [0.25, 0.3) is 0 Å². The van der Waals surface area contributed by atoms with Crippen LogP contribution < -0.4 is 5.32 Å². The lowest BCUT2D eigenvalue weighted by Crippen LogP contribution is -2.49. The van der Waals surface area contributed by atoms with Gasteiger partial charge >= 0.3 is 0 Å². The van der Waals surface area contributed by atoms with Crippen molar-refractivity contribution < 1.29 is 9.50 Å². The van der Waals surface area contributed by atoms with E-state index in [2.05, 4.69) is 10.2 Å². The third-order valence-electron chi connectivity index (χ3n) is 3.94. The van der Waals surface area contributed by atoms with Crippen molar-refractivity contribution in [3.05, 3.63) is 34.6 Å². The zero-order valence-corrected chi connectivity index (χ0v) is 12.8. The molecule has 1 aliphatic heterocycles. The topological polar surface area (TPSA) is 35.5 Å². The molecule has 0 radical (unpaired) electrons. The third-order valence-corrected chi connectivity index (χ3v) is 4.34. The van der Waals surface area contributed by atoms with E-state index < -0.39 is 11.2 Å². The first-order valence-electron chi connectivity index (χ1n) is 6.97. The van der Waals surface area contributed by atoms with E-state index in [4.69, 9.17) is 11.6 Å². The summed E-state index contributed by atoms with van der Waals surface area (Å²) >= 11 is 6.17. The van der Waals surface area contributed by atoms with E-state index in [0.29, 0.717) is 0 Å². The highest BCUT2D eigenvalue weighted by Crippen LogP contribution is 2.41. The van der Waals surface area contributed by atoms with Crippen LogP contribution in [0.1, 0.15) is 25.5 Å². The molecule has 0 aromatic heterocycles. The van der Waals surface area contributed by atoms with Gasteiger partial charge < -0.3 is 10.4 Å². The standard InChI is InChI=1S/C15H22ClFN2O/c1-15(2,10-20)14(19-8-6-18-7-9-19)11-4-3-5-12(17)13(11)16/h3-5,14,18,20H,6-10H2,1-2H3/t14-/m1/s1. The van der Waals surface area contributed by atoms with Crippen molar-refractivity contribution in [1.29, 1.82) is 0 Å². The van der Waals surface area contributed by atoms with Crippen LogP contribution in [0.5, 0.6) is 0 Å². The fourth-order valence-corrected chi connectivity index (χ4v) is 3.10. The van der Waals surface area contributed by atoms with Crippen LogP contribution in [-0.4, -0.2) is 42.8 Å². The van der Waals surface area contributed by atoms with Crippen LogP contribution in [0.25, 0.3) is 0 Å². The summed E-state index contributed by atoms with van der Waals surface area (Å²) in [6.45, 7) is 7.51. The third kappa shape index (κ3) is 3.14. The quantitative estimate of drug-likeness (QED) is 0.896. The normalized spacial score (nSPS) is 19.1. The number of nitrogens with zero attached hydrogens (tertiary/aromatic N) is 1. The average molecular weight is 301 g/mol. The first-order chi connectivity index (χ1) is 9.47. The Balaban J connectivity index is 2.42. The molecule has 20 heavy (non-hydrogen) atoms. The van der Waals surface area contributed by atoms with Crippen LogP contribution >= 0.6 is 11.6 Å². The zero-order chi connectivity index (χ0) is 14.8. The molecule has 0 aliphatic carbocycles. The molecule has 1 atom stereocenters. The molecule has 3 nitrogen and oxygen atoms in total. The summed E-state index contributed by atoms with van der Waals surface area (Å²) in [7, 11) is 0. The van der Waals surface area contributed by atoms with Crippen molar-refractivity contribution in [3.8, 4) is 0 Å². The molecular formula is C15H22ClFN2O. The van der Waals surface area contributed by atoms with Crippen LogP contribution in [0.4, 0.5) is 4.39 Å². The van der Waals surface area contributed by atoms with Gasteiger partial charge in [-0.3, -0.25) is 4.90 Å². The molecule has 1 saturated heterocycles. The van der Waals surface area contributed by atoms with Crippen LogP contribution in [-0.2, 0) is 0 Å². The van der Waals surface area contributed by atoms with Gasteiger partial charge in [-0.05, 0) is 11.6 Å². The largest absolute Gasteiger partial charge is 0.396 e. The Labute approximate surface area is 124 Å². The maximum atomic E-state index is 13.8. The highest BCUT2D eigenvalue weighted by molar-refractivity contribution is 6.31. The number of piperazine rings is 1. The summed E-state index contributed by atoms with van der Waals surface area (Å²) in [5, 5.41) is 13.2. The van der Waals surface area contributed by atoms with Crippen molar-refractivity contribution >= 4 is 11.6 Å². The lowest BCUT2D eigenvalue weighted by atomic mass is 9.79. The average Bonchev–Trinajstić information content (AvgIpc) is 2.45. The minimum absolute atomic E-state index is 0.0223. The number of aliphatic hydroxyl groups is 1. The van der Waals surface area contributed by atoms with E-state index >= 15 is 0 Å². The summed E-state index contributed by atoms with van der Waals surface area (Å²) in [5.74, 6) is -0.405. The molecule has 2 rings (SSSR count). The summed E-state index contributed by atoms with van der Waals surface area (Å²) in [6.07, 6.45) is 0. The zero-order valence-electron chi connectivity index (χ0n) is 12.0. The van der Waals surface area contributed by atoms with Gasteiger partial charge in [0.1, 0.15) is 5.82 Å². The van der Waals surface area contributed by atoms with E-state index in [1.807, 2.05) is 19.9 Å².